The summed E-state index contributed by atoms with van der Waals surface area (Å²) in [4.78, 5) is 12.1. The van der Waals surface area contributed by atoms with E-state index in [1.54, 1.807) is 25.1 Å². The van der Waals surface area contributed by atoms with Gasteiger partial charge in [-0.15, -0.1) is 0 Å². The van der Waals surface area contributed by atoms with Gasteiger partial charge in [0.15, 0.2) is 11.5 Å². The summed E-state index contributed by atoms with van der Waals surface area (Å²) >= 11 is 0. The molecule has 0 atom stereocenters. The summed E-state index contributed by atoms with van der Waals surface area (Å²) in [6.45, 7) is 2.76. The zero-order chi connectivity index (χ0) is 16.1. The van der Waals surface area contributed by atoms with Crippen LogP contribution >= 0.6 is 0 Å². The highest BCUT2D eigenvalue weighted by Crippen LogP contribution is 2.33. The maximum absolute atomic E-state index is 12.1. The molecule has 23 heavy (non-hydrogen) atoms. The summed E-state index contributed by atoms with van der Waals surface area (Å²) < 4.78 is 16.5. The first-order valence-electron chi connectivity index (χ1n) is 7.32. The van der Waals surface area contributed by atoms with Crippen molar-refractivity contribution in [2.75, 3.05) is 18.5 Å². The van der Waals surface area contributed by atoms with Crippen molar-refractivity contribution in [2.45, 2.75) is 6.92 Å². The lowest BCUT2D eigenvalue weighted by atomic mass is 10.2. The fourth-order valence-electron chi connectivity index (χ4n) is 2.06. The first kappa shape index (κ1) is 15.0. The number of para-hydroxylation sites is 1. The standard InChI is InChI=1S/C18H17NO4/c1-13(18(20)19-14-5-3-2-4-6-14)12-23-15-7-8-16-17(11-15)22-10-9-21-16/h2-8,11-12H,9-10H2,1H3,(H,19,20)/b13-12+. The molecule has 1 heterocycles. The van der Waals surface area contributed by atoms with Gasteiger partial charge < -0.3 is 19.5 Å². The largest absolute Gasteiger partial charge is 0.486 e. The Morgan fingerprint density at radius 1 is 1.09 bits per heavy atom. The Labute approximate surface area is 134 Å². The predicted molar refractivity (Wildman–Crippen MR) is 86.9 cm³/mol. The Morgan fingerprint density at radius 3 is 2.61 bits per heavy atom. The van der Waals surface area contributed by atoms with Crippen molar-refractivity contribution < 1.29 is 19.0 Å². The molecule has 1 amide bonds. The minimum atomic E-state index is -0.214. The first-order chi connectivity index (χ1) is 11.2. The topological polar surface area (TPSA) is 56.8 Å². The molecule has 0 fully saturated rings. The molecule has 0 aliphatic carbocycles. The summed E-state index contributed by atoms with van der Waals surface area (Å²) in [5.74, 6) is 1.72. The summed E-state index contributed by atoms with van der Waals surface area (Å²) in [6, 6.07) is 14.6. The third kappa shape index (κ3) is 3.83. The Morgan fingerprint density at radius 2 is 1.83 bits per heavy atom. The van der Waals surface area contributed by atoms with E-state index in [4.69, 9.17) is 14.2 Å². The second-order valence-corrected chi connectivity index (χ2v) is 5.04. The molecular weight excluding hydrogens is 294 g/mol. The summed E-state index contributed by atoms with van der Waals surface area (Å²) in [5.41, 5.74) is 1.20. The molecule has 0 bridgehead atoms. The second-order valence-electron chi connectivity index (χ2n) is 5.04. The molecule has 1 aliphatic rings. The normalized spacial score (nSPS) is 13.3. The molecule has 5 nitrogen and oxygen atoms in total. The van der Waals surface area contributed by atoms with Gasteiger partial charge in [0, 0.05) is 17.3 Å². The van der Waals surface area contributed by atoms with Crippen LogP contribution in [-0.4, -0.2) is 19.1 Å². The van der Waals surface area contributed by atoms with Crippen LogP contribution in [0.2, 0.25) is 0 Å². The average molecular weight is 311 g/mol. The molecular formula is C18H17NO4. The molecule has 5 heteroatoms. The van der Waals surface area contributed by atoms with Gasteiger partial charge in [0.1, 0.15) is 19.0 Å². The molecule has 1 N–H and O–H groups in total. The van der Waals surface area contributed by atoms with Gasteiger partial charge in [-0.25, -0.2) is 0 Å². The molecule has 0 saturated carbocycles. The lowest BCUT2D eigenvalue weighted by Gasteiger charge is -2.18. The van der Waals surface area contributed by atoms with Gasteiger partial charge in [0.2, 0.25) is 0 Å². The third-order valence-electron chi connectivity index (χ3n) is 3.28. The highest BCUT2D eigenvalue weighted by molar-refractivity contribution is 6.03. The van der Waals surface area contributed by atoms with Crippen molar-refractivity contribution in [1.29, 1.82) is 0 Å². The zero-order valence-electron chi connectivity index (χ0n) is 12.7. The second kappa shape index (κ2) is 6.87. The Bertz CT molecular complexity index is 725. The maximum atomic E-state index is 12.1. The minimum absolute atomic E-state index is 0.214. The SMILES string of the molecule is C/C(=C\Oc1ccc2c(c1)OCCO2)C(=O)Nc1ccccc1. The van der Waals surface area contributed by atoms with Gasteiger partial charge in [-0.2, -0.15) is 0 Å². The van der Waals surface area contributed by atoms with Crippen molar-refractivity contribution in [2.24, 2.45) is 0 Å². The number of hydrogen-bond donors (Lipinski definition) is 1. The minimum Gasteiger partial charge on any atom is -0.486 e. The van der Waals surface area contributed by atoms with E-state index in [2.05, 4.69) is 5.32 Å². The monoisotopic (exact) mass is 311 g/mol. The number of amides is 1. The van der Waals surface area contributed by atoms with Crippen molar-refractivity contribution in [3.63, 3.8) is 0 Å². The van der Waals surface area contributed by atoms with Gasteiger partial charge in [-0.3, -0.25) is 4.79 Å². The van der Waals surface area contributed by atoms with Crippen molar-refractivity contribution in [3.05, 3.63) is 60.4 Å². The molecule has 2 aromatic rings. The van der Waals surface area contributed by atoms with Crippen molar-refractivity contribution >= 4 is 11.6 Å². The molecule has 0 radical (unpaired) electrons. The van der Waals surface area contributed by atoms with Gasteiger partial charge in [-0.05, 0) is 31.2 Å². The number of benzene rings is 2. The van der Waals surface area contributed by atoms with E-state index in [0.717, 1.165) is 5.69 Å². The molecule has 0 aromatic heterocycles. The quantitative estimate of drug-likeness (QED) is 0.695. The van der Waals surface area contributed by atoms with Crippen LogP contribution in [0, 0.1) is 0 Å². The number of hydrogen-bond acceptors (Lipinski definition) is 4. The van der Waals surface area contributed by atoms with Crippen LogP contribution in [0.3, 0.4) is 0 Å². The number of ether oxygens (including phenoxy) is 3. The van der Waals surface area contributed by atoms with Crippen molar-refractivity contribution in [1.82, 2.24) is 0 Å². The van der Waals surface area contributed by atoms with Gasteiger partial charge in [0.05, 0.1) is 6.26 Å². The smallest absolute Gasteiger partial charge is 0.254 e. The molecule has 0 unspecified atom stereocenters. The van der Waals surface area contributed by atoms with Crippen LogP contribution in [-0.2, 0) is 4.79 Å². The van der Waals surface area contributed by atoms with E-state index in [1.807, 2.05) is 30.3 Å². The molecule has 3 rings (SSSR count). The van der Waals surface area contributed by atoms with Crippen LogP contribution in [0.15, 0.2) is 60.4 Å². The Hall–Kier alpha value is -2.95. The molecule has 1 aliphatic heterocycles. The maximum Gasteiger partial charge on any atom is 0.254 e. The van der Waals surface area contributed by atoms with E-state index >= 15 is 0 Å². The molecule has 0 saturated heterocycles. The fraction of sp³-hybridized carbons (Fsp3) is 0.167. The van der Waals surface area contributed by atoms with Crippen LogP contribution in [0.5, 0.6) is 17.2 Å². The van der Waals surface area contributed by atoms with Gasteiger partial charge in [0.25, 0.3) is 5.91 Å². The average Bonchev–Trinajstić information content (AvgIpc) is 2.60. The number of carbonyl (C=O) groups excluding carboxylic acids is 1. The van der Waals surface area contributed by atoms with E-state index in [9.17, 15) is 4.79 Å². The Balaban J connectivity index is 1.63. The van der Waals surface area contributed by atoms with E-state index < -0.39 is 0 Å². The summed E-state index contributed by atoms with van der Waals surface area (Å²) in [6.07, 6.45) is 1.42. The number of fused-ring (bicyclic) bond motifs is 1. The van der Waals surface area contributed by atoms with Crippen LogP contribution in [0.25, 0.3) is 0 Å². The van der Waals surface area contributed by atoms with Gasteiger partial charge in [-0.1, -0.05) is 18.2 Å². The van der Waals surface area contributed by atoms with Crippen LogP contribution in [0.4, 0.5) is 5.69 Å². The lowest BCUT2D eigenvalue weighted by Crippen LogP contribution is -2.15. The van der Waals surface area contributed by atoms with Crippen molar-refractivity contribution in [3.8, 4) is 17.2 Å². The lowest BCUT2D eigenvalue weighted by molar-refractivity contribution is -0.112. The van der Waals surface area contributed by atoms with Gasteiger partial charge >= 0.3 is 0 Å². The molecule has 118 valence electrons. The van der Waals surface area contributed by atoms with E-state index in [0.29, 0.717) is 36.0 Å². The van der Waals surface area contributed by atoms with E-state index in [1.165, 1.54) is 6.26 Å². The number of rotatable bonds is 4. The fourth-order valence-corrected chi connectivity index (χ4v) is 2.06. The molecule has 2 aromatic carbocycles. The number of anilines is 1. The molecule has 0 spiro atoms. The Kier molecular flexibility index (Phi) is 4.47. The zero-order valence-corrected chi connectivity index (χ0v) is 12.7. The highest BCUT2D eigenvalue weighted by atomic mass is 16.6. The summed E-state index contributed by atoms with van der Waals surface area (Å²) in [7, 11) is 0. The number of nitrogens with one attached hydrogen (secondary N) is 1. The van der Waals surface area contributed by atoms with Crippen LogP contribution in [0.1, 0.15) is 6.92 Å². The van der Waals surface area contributed by atoms with E-state index in [-0.39, 0.29) is 5.91 Å². The van der Waals surface area contributed by atoms with Crippen LogP contribution < -0.4 is 19.5 Å². The highest BCUT2D eigenvalue weighted by Gasteiger charge is 2.12. The third-order valence-corrected chi connectivity index (χ3v) is 3.28. The summed E-state index contributed by atoms with van der Waals surface area (Å²) in [5, 5.41) is 2.80. The number of carbonyl (C=O) groups is 1. The predicted octanol–water partition coefficient (Wildman–Crippen LogP) is 3.38. The first-order valence-corrected chi connectivity index (χ1v) is 7.32.